The maximum Gasteiger partial charge on any atom is 0.244 e. The highest BCUT2D eigenvalue weighted by Crippen LogP contribution is 2.49. The van der Waals surface area contributed by atoms with Gasteiger partial charge in [-0.1, -0.05) is 71.8 Å². The van der Waals surface area contributed by atoms with E-state index < -0.39 is 22.1 Å². The quantitative estimate of drug-likeness (QED) is 0.453. The second-order valence-corrected chi connectivity index (χ2v) is 9.10. The van der Waals surface area contributed by atoms with E-state index in [1.54, 1.807) is 72.8 Å². The molecule has 4 nitrogen and oxygen atoms in total. The Morgan fingerprint density at radius 1 is 0.893 bits per heavy atom. The SMILES string of the molecule is Cc1ccc(S(=O)(=O)N2[C@H](C(=O)c3ccccc3)[C@H]2c2ccc(Cl)cc2)cc1. The average molecular weight is 412 g/mol. The van der Waals surface area contributed by atoms with Gasteiger partial charge >= 0.3 is 0 Å². The zero-order valence-corrected chi connectivity index (χ0v) is 16.7. The summed E-state index contributed by atoms with van der Waals surface area (Å²) in [5.41, 5.74) is 2.21. The van der Waals surface area contributed by atoms with E-state index in [2.05, 4.69) is 0 Å². The highest BCUT2D eigenvalue weighted by molar-refractivity contribution is 7.89. The molecule has 0 aromatic heterocycles. The Morgan fingerprint density at radius 2 is 1.50 bits per heavy atom. The van der Waals surface area contributed by atoms with Gasteiger partial charge in [0.15, 0.2) is 5.78 Å². The van der Waals surface area contributed by atoms with Crippen LogP contribution in [0, 0.1) is 6.92 Å². The molecule has 1 heterocycles. The standard InChI is InChI=1S/C22H18ClNO3S/c1-15-7-13-19(14-8-15)28(26,27)24-20(16-9-11-18(23)12-10-16)21(24)22(25)17-5-3-2-4-6-17/h2-14,20-21H,1H3/t20-,21+,24?/m1/s1. The number of ketones is 1. The fourth-order valence-electron chi connectivity index (χ4n) is 3.36. The van der Waals surface area contributed by atoms with Crippen molar-refractivity contribution in [1.29, 1.82) is 0 Å². The van der Waals surface area contributed by atoms with E-state index in [0.717, 1.165) is 11.1 Å². The number of hydrogen-bond donors (Lipinski definition) is 0. The van der Waals surface area contributed by atoms with E-state index in [4.69, 9.17) is 11.6 Å². The maximum atomic E-state index is 13.3. The monoisotopic (exact) mass is 411 g/mol. The van der Waals surface area contributed by atoms with Crippen molar-refractivity contribution in [1.82, 2.24) is 4.31 Å². The van der Waals surface area contributed by atoms with Gasteiger partial charge < -0.3 is 0 Å². The van der Waals surface area contributed by atoms with Gasteiger partial charge in [-0.25, -0.2) is 8.42 Å². The Bertz CT molecular complexity index is 1110. The third-order valence-corrected chi connectivity index (χ3v) is 7.02. The number of carbonyl (C=O) groups is 1. The molecule has 3 aromatic rings. The Hall–Kier alpha value is -2.47. The molecule has 1 aliphatic rings. The molecule has 1 fully saturated rings. The van der Waals surface area contributed by atoms with Crippen molar-refractivity contribution in [2.24, 2.45) is 0 Å². The minimum atomic E-state index is -3.81. The van der Waals surface area contributed by atoms with Crippen LogP contribution in [0.25, 0.3) is 0 Å². The second kappa shape index (κ2) is 7.17. The molecule has 0 saturated carbocycles. The molecule has 0 bridgehead atoms. The van der Waals surface area contributed by atoms with Gasteiger partial charge in [-0.05, 0) is 36.8 Å². The fraction of sp³-hybridized carbons (Fsp3) is 0.136. The molecule has 1 unspecified atom stereocenters. The summed E-state index contributed by atoms with van der Waals surface area (Å²) in [4.78, 5) is 13.2. The smallest absolute Gasteiger partial charge is 0.244 e. The third kappa shape index (κ3) is 3.37. The highest BCUT2D eigenvalue weighted by atomic mass is 35.5. The van der Waals surface area contributed by atoms with Crippen LogP contribution in [0.15, 0.2) is 83.8 Å². The van der Waals surface area contributed by atoms with Gasteiger partial charge in [0.1, 0.15) is 6.04 Å². The number of carbonyl (C=O) groups excluding carboxylic acids is 1. The third-order valence-electron chi connectivity index (χ3n) is 4.89. The molecule has 28 heavy (non-hydrogen) atoms. The lowest BCUT2D eigenvalue weighted by atomic mass is 10.0. The minimum Gasteiger partial charge on any atom is -0.292 e. The summed E-state index contributed by atoms with van der Waals surface area (Å²) in [6, 6.07) is 21.1. The predicted octanol–water partition coefficient (Wildman–Crippen LogP) is 4.65. The largest absolute Gasteiger partial charge is 0.292 e. The molecule has 6 heteroatoms. The summed E-state index contributed by atoms with van der Waals surface area (Å²) in [6.07, 6.45) is 0. The molecule has 0 N–H and O–H groups in total. The molecular weight excluding hydrogens is 394 g/mol. The summed E-state index contributed by atoms with van der Waals surface area (Å²) in [6.45, 7) is 1.89. The maximum absolute atomic E-state index is 13.3. The van der Waals surface area contributed by atoms with Crippen molar-refractivity contribution in [3.05, 3.63) is 101 Å². The van der Waals surface area contributed by atoms with Crippen molar-refractivity contribution < 1.29 is 13.2 Å². The normalized spacial score (nSPS) is 21.3. The van der Waals surface area contributed by atoms with Crippen LogP contribution in [0.2, 0.25) is 5.02 Å². The van der Waals surface area contributed by atoms with Gasteiger partial charge in [-0.3, -0.25) is 4.79 Å². The summed E-state index contributed by atoms with van der Waals surface area (Å²) >= 11 is 5.97. The first-order chi connectivity index (χ1) is 13.4. The molecule has 1 aliphatic heterocycles. The van der Waals surface area contributed by atoms with Crippen molar-refractivity contribution in [2.45, 2.75) is 23.9 Å². The van der Waals surface area contributed by atoms with Crippen molar-refractivity contribution >= 4 is 27.4 Å². The minimum absolute atomic E-state index is 0.181. The van der Waals surface area contributed by atoms with Crippen LogP contribution >= 0.6 is 11.6 Å². The van der Waals surface area contributed by atoms with Gasteiger partial charge in [0.05, 0.1) is 10.9 Å². The van der Waals surface area contributed by atoms with Crippen LogP contribution in [0.1, 0.15) is 27.5 Å². The van der Waals surface area contributed by atoms with Crippen LogP contribution in [0.3, 0.4) is 0 Å². The number of Topliss-reactive ketones (excluding diaryl/α,β-unsaturated/α-hetero) is 1. The second-order valence-electron chi connectivity index (χ2n) is 6.82. The van der Waals surface area contributed by atoms with Crippen molar-refractivity contribution in [2.75, 3.05) is 0 Å². The molecule has 0 aliphatic carbocycles. The number of benzene rings is 3. The summed E-state index contributed by atoms with van der Waals surface area (Å²) in [7, 11) is -3.81. The molecule has 0 radical (unpaired) electrons. The van der Waals surface area contributed by atoms with Crippen LogP contribution in [0.5, 0.6) is 0 Å². The molecular formula is C22H18ClNO3S. The Morgan fingerprint density at radius 3 is 2.11 bits per heavy atom. The summed E-state index contributed by atoms with van der Waals surface area (Å²) in [5, 5.41) is 0.559. The zero-order valence-electron chi connectivity index (χ0n) is 15.1. The first-order valence-corrected chi connectivity index (χ1v) is 10.7. The van der Waals surface area contributed by atoms with Gasteiger partial charge in [0.25, 0.3) is 0 Å². The molecule has 142 valence electrons. The Balaban J connectivity index is 1.75. The topological polar surface area (TPSA) is 54.2 Å². The van der Waals surface area contributed by atoms with Crippen LogP contribution in [-0.4, -0.2) is 24.5 Å². The first kappa shape index (κ1) is 18.9. The van der Waals surface area contributed by atoms with Gasteiger partial charge in [0, 0.05) is 10.6 Å². The van der Waals surface area contributed by atoms with E-state index in [1.165, 1.54) is 4.31 Å². The van der Waals surface area contributed by atoms with Crippen LogP contribution in [0.4, 0.5) is 0 Å². The van der Waals surface area contributed by atoms with E-state index in [-0.39, 0.29) is 10.7 Å². The van der Waals surface area contributed by atoms with Gasteiger partial charge in [-0.15, -0.1) is 0 Å². The molecule has 0 spiro atoms. The molecule has 0 amide bonds. The highest BCUT2D eigenvalue weighted by Gasteiger charge is 2.60. The number of rotatable bonds is 5. The van der Waals surface area contributed by atoms with Crippen LogP contribution < -0.4 is 0 Å². The number of halogens is 1. The van der Waals surface area contributed by atoms with E-state index in [9.17, 15) is 13.2 Å². The molecule has 3 atom stereocenters. The summed E-state index contributed by atoms with van der Waals surface area (Å²) < 4.78 is 27.8. The van der Waals surface area contributed by atoms with Crippen LogP contribution in [-0.2, 0) is 10.0 Å². The van der Waals surface area contributed by atoms with Crippen molar-refractivity contribution in [3.63, 3.8) is 0 Å². The first-order valence-electron chi connectivity index (χ1n) is 8.84. The fourth-order valence-corrected chi connectivity index (χ4v) is 5.20. The Labute approximate surface area is 169 Å². The Kier molecular flexibility index (Phi) is 4.83. The zero-order chi connectivity index (χ0) is 19.9. The van der Waals surface area contributed by atoms with Crippen molar-refractivity contribution in [3.8, 4) is 0 Å². The molecule has 1 saturated heterocycles. The predicted molar refractivity (Wildman–Crippen MR) is 109 cm³/mol. The lowest BCUT2D eigenvalue weighted by Gasteiger charge is -2.07. The number of hydrogen-bond acceptors (Lipinski definition) is 3. The lowest BCUT2D eigenvalue weighted by molar-refractivity contribution is 0.0981. The lowest BCUT2D eigenvalue weighted by Crippen LogP contribution is -2.19. The van der Waals surface area contributed by atoms with Gasteiger partial charge in [0.2, 0.25) is 10.0 Å². The molecule has 4 rings (SSSR count). The summed E-state index contributed by atoms with van der Waals surface area (Å²) in [5.74, 6) is -0.212. The van der Waals surface area contributed by atoms with E-state index in [0.29, 0.717) is 10.6 Å². The average Bonchev–Trinajstić information content (AvgIpc) is 3.45. The molecule has 3 aromatic carbocycles. The number of nitrogens with zero attached hydrogens (tertiary/aromatic N) is 1. The van der Waals surface area contributed by atoms with Gasteiger partial charge in [-0.2, -0.15) is 4.31 Å². The van der Waals surface area contributed by atoms with E-state index in [1.807, 2.05) is 13.0 Å². The van der Waals surface area contributed by atoms with E-state index >= 15 is 0 Å². The number of sulfonamides is 1. The number of aryl methyl sites for hydroxylation is 1.